The van der Waals surface area contributed by atoms with Crippen LogP contribution in [0, 0.1) is 11.3 Å². The molecule has 1 saturated heterocycles. The van der Waals surface area contributed by atoms with Crippen molar-refractivity contribution in [1.82, 2.24) is 4.90 Å². The van der Waals surface area contributed by atoms with E-state index in [1.165, 1.54) is 10.5 Å². The zero-order valence-corrected chi connectivity index (χ0v) is 21.0. The number of rotatable bonds is 5. The van der Waals surface area contributed by atoms with Crippen molar-refractivity contribution >= 4 is 17.6 Å². The van der Waals surface area contributed by atoms with Crippen molar-refractivity contribution in [2.75, 3.05) is 4.90 Å². The summed E-state index contributed by atoms with van der Waals surface area (Å²) >= 11 is 0. The Morgan fingerprint density at radius 3 is 2.14 bits per heavy atom. The second kappa shape index (κ2) is 9.03. The third kappa shape index (κ3) is 4.57. The number of nitriles is 1. The third-order valence-corrected chi connectivity index (χ3v) is 6.70. The van der Waals surface area contributed by atoms with Gasteiger partial charge in [0, 0.05) is 6.54 Å². The van der Waals surface area contributed by atoms with Crippen LogP contribution < -0.4 is 4.90 Å². The summed E-state index contributed by atoms with van der Waals surface area (Å²) < 4.78 is 0. The summed E-state index contributed by atoms with van der Waals surface area (Å²) in [5.41, 5.74) is 3.87. The number of nitrogens with zero attached hydrogens (tertiary/aromatic N) is 3. The molecule has 178 valence electrons. The zero-order valence-electron chi connectivity index (χ0n) is 21.0. The van der Waals surface area contributed by atoms with Crippen LogP contribution in [-0.2, 0) is 23.2 Å². The molecule has 1 fully saturated rings. The van der Waals surface area contributed by atoms with Gasteiger partial charge in [0.05, 0.1) is 17.3 Å². The van der Waals surface area contributed by atoms with Crippen molar-refractivity contribution in [3.05, 3.63) is 101 Å². The monoisotopic (exact) mass is 465 g/mol. The van der Waals surface area contributed by atoms with Crippen LogP contribution >= 0.6 is 0 Å². The van der Waals surface area contributed by atoms with E-state index in [9.17, 15) is 14.9 Å². The molecule has 0 atom stereocenters. The highest BCUT2D eigenvalue weighted by molar-refractivity contribution is 6.23. The largest absolute Gasteiger partial charge is 0.332 e. The topological polar surface area (TPSA) is 64.4 Å². The Labute approximate surface area is 207 Å². The SMILES string of the molecule is CC(C)(C)c1cc(N2C(=O)N(Cc3ccccc3Cc3ccccc3)C(C)(C)C2=O)ccc1C#N. The summed E-state index contributed by atoms with van der Waals surface area (Å²) in [7, 11) is 0. The maximum absolute atomic E-state index is 13.7. The molecule has 0 bridgehead atoms. The summed E-state index contributed by atoms with van der Waals surface area (Å²) in [6, 6.07) is 25.3. The molecule has 1 aliphatic rings. The highest BCUT2D eigenvalue weighted by Gasteiger charge is 2.52. The van der Waals surface area contributed by atoms with E-state index >= 15 is 0 Å². The lowest BCUT2D eigenvalue weighted by Gasteiger charge is -2.28. The first kappa shape index (κ1) is 24.2. The number of imide groups is 1. The molecule has 0 aliphatic carbocycles. The van der Waals surface area contributed by atoms with Gasteiger partial charge >= 0.3 is 6.03 Å². The van der Waals surface area contributed by atoms with Crippen LogP contribution in [0.5, 0.6) is 0 Å². The van der Waals surface area contributed by atoms with Crippen molar-refractivity contribution in [2.45, 2.75) is 58.5 Å². The maximum Gasteiger partial charge on any atom is 0.332 e. The fourth-order valence-corrected chi connectivity index (χ4v) is 4.59. The minimum Gasteiger partial charge on any atom is -0.305 e. The fourth-order valence-electron chi connectivity index (χ4n) is 4.59. The summed E-state index contributed by atoms with van der Waals surface area (Å²) in [5, 5.41) is 9.56. The van der Waals surface area contributed by atoms with Crippen LogP contribution in [0.3, 0.4) is 0 Å². The normalized spacial score (nSPS) is 15.4. The van der Waals surface area contributed by atoms with Gasteiger partial charge in [-0.3, -0.25) is 4.79 Å². The van der Waals surface area contributed by atoms with Gasteiger partial charge in [-0.25, -0.2) is 9.69 Å². The van der Waals surface area contributed by atoms with Gasteiger partial charge in [-0.15, -0.1) is 0 Å². The standard InChI is InChI=1S/C30H31N3O2/c1-29(2,3)26-18-25(16-15-23(26)19-31)33-27(34)30(4,5)32(28(33)35)20-24-14-10-9-13-22(24)17-21-11-7-6-8-12-21/h6-16,18H,17,20H2,1-5H3. The van der Waals surface area contributed by atoms with E-state index in [4.69, 9.17) is 0 Å². The van der Waals surface area contributed by atoms with Crippen LogP contribution in [0.2, 0.25) is 0 Å². The fraction of sp³-hybridized carbons (Fsp3) is 0.300. The first-order valence-corrected chi connectivity index (χ1v) is 11.9. The molecule has 0 aromatic heterocycles. The van der Waals surface area contributed by atoms with Gasteiger partial charge in [-0.2, -0.15) is 5.26 Å². The lowest BCUT2D eigenvalue weighted by molar-refractivity contribution is -0.123. The molecule has 3 amide bonds. The molecular formula is C30H31N3O2. The number of carbonyl (C=O) groups excluding carboxylic acids is 2. The molecule has 0 spiro atoms. The lowest BCUT2D eigenvalue weighted by atomic mass is 9.83. The molecule has 3 aromatic carbocycles. The molecule has 1 aliphatic heterocycles. The van der Waals surface area contributed by atoms with E-state index in [0.717, 1.165) is 23.1 Å². The molecule has 0 N–H and O–H groups in total. The van der Waals surface area contributed by atoms with Crippen LogP contribution in [0.15, 0.2) is 72.8 Å². The van der Waals surface area contributed by atoms with E-state index in [1.54, 1.807) is 36.9 Å². The van der Waals surface area contributed by atoms with E-state index in [1.807, 2.05) is 57.2 Å². The minimum absolute atomic E-state index is 0.271. The number of anilines is 1. The Hall–Kier alpha value is -3.91. The second-order valence-electron chi connectivity index (χ2n) is 10.6. The summed E-state index contributed by atoms with van der Waals surface area (Å²) in [5.74, 6) is -0.271. The molecule has 35 heavy (non-hydrogen) atoms. The Morgan fingerprint density at radius 2 is 1.51 bits per heavy atom. The molecule has 3 aromatic rings. The van der Waals surface area contributed by atoms with Crippen LogP contribution in [0.1, 0.15) is 62.4 Å². The van der Waals surface area contributed by atoms with Gasteiger partial charge in [0.15, 0.2) is 0 Å². The van der Waals surface area contributed by atoms with Gasteiger partial charge < -0.3 is 4.90 Å². The zero-order chi connectivity index (χ0) is 25.4. The number of urea groups is 1. The predicted molar refractivity (Wildman–Crippen MR) is 138 cm³/mol. The average molecular weight is 466 g/mol. The van der Waals surface area contributed by atoms with Crippen LogP contribution in [-0.4, -0.2) is 22.4 Å². The van der Waals surface area contributed by atoms with Crippen molar-refractivity contribution in [3.8, 4) is 6.07 Å². The Morgan fingerprint density at radius 1 is 0.886 bits per heavy atom. The molecule has 1 heterocycles. The maximum atomic E-state index is 13.7. The average Bonchev–Trinajstić information content (AvgIpc) is 2.99. The molecule has 5 heteroatoms. The Kier molecular flexibility index (Phi) is 6.25. The molecule has 5 nitrogen and oxygen atoms in total. The molecule has 0 saturated carbocycles. The highest BCUT2D eigenvalue weighted by atomic mass is 16.2. The Bertz CT molecular complexity index is 1310. The van der Waals surface area contributed by atoms with Gasteiger partial charge in [-0.1, -0.05) is 75.4 Å². The van der Waals surface area contributed by atoms with E-state index in [-0.39, 0.29) is 17.4 Å². The molecule has 0 unspecified atom stereocenters. The third-order valence-electron chi connectivity index (χ3n) is 6.70. The predicted octanol–water partition coefficient (Wildman–Crippen LogP) is 6.19. The van der Waals surface area contributed by atoms with Crippen molar-refractivity contribution < 1.29 is 9.59 Å². The van der Waals surface area contributed by atoms with Gasteiger partial charge in [0.1, 0.15) is 5.54 Å². The number of amides is 3. The summed E-state index contributed by atoms with van der Waals surface area (Å²) in [4.78, 5) is 30.1. The minimum atomic E-state index is -1.01. The number of carbonyl (C=O) groups is 2. The summed E-state index contributed by atoms with van der Waals surface area (Å²) in [6.45, 7) is 9.96. The summed E-state index contributed by atoms with van der Waals surface area (Å²) in [6.07, 6.45) is 0.752. The van der Waals surface area contributed by atoms with Crippen molar-refractivity contribution in [2.24, 2.45) is 0 Å². The van der Waals surface area contributed by atoms with Crippen molar-refractivity contribution in [3.63, 3.8) is 0 Å². The van der Waals surface area contributed by atoms with Crippen LogP contribution in [0.4, 0.5) is 10.5 Å². The number of benzene rings is 3. The van der Waals surface area contributed by atoms with E-state index in [2.05, 4.69) is 24.3 Å². The first-order chi connectivity index (χ1) is 16.5. The van der Waals surface area contributed by atoms with Crippen LogP contribution in [0.25, 0.3) is 0 Å². The molecule has 4 rings (SSSR count). The highest BCUT2D eigenvalue weighted by Crippen LogP contribution is 2.36. The second-order valence-corrected chi connectivity index (χ2v) is 10.6. The first-order valence-electron chi connectivity index (χ1n) is 11.9. The van der Waals surface area contributed by atoms with Gasteiger partial charge in [0.2, 0.25) is 0 Å². The lowest BCUT2D eigenvalue weighted by Crippen LogP contribution is -2.43. The van der Waals surface area contributed by atoms with Gasteiger partial charge in [-0.05, 0) is 66.1 Å². The number of hydrogen-bond donors (Lipinski definition) is 0. The Balaban J connectivity index is 1.68. The van der Waals surface area contributed by atoms with Crippen molar-refractivity contribution in [1.29, 1.82) is 5.26 Å². The van der Waals surface area contributed by atoms with Gasteiger partial charge in [0.25, 0.3) is 5.91 Å². The quantitative estimate of drug-likeness (QED) is 0.422. The van der Waals surface area contributed by atoms with E-state index in [0.29, 0.717) is 17.8 Å². The molecule has 0 radical (unpaired) electrons. The van der Waals surface area contributed by atoms with E-state index < -0.39 is 5.54 Å². The number of hydrogen-bond acceptors (Lipinski definition) is 3. The molecular weight excluding hydrogens is 434 g/mol. The smallest absolute Gasteiger partial charge is 0.305 e.